The zero-order valence-electron chi connectivity index (χ0n) is 7.97. The van der Waals surface area contributed by atoms with Crippen LogP contribution in [0, 0.1) is 6.92 Å². The van der Waals surface area contributed by atoms with Crippen LogP contribution < -0.4 is 0 Å². The van der Waals surface area contributed by atoms with Crippen molar-refractivity contribution < 1.29 is 4.79 Å². The first-order valence-electron chi connectivity index (χ1n) is 4.15. The lowest BCUT2D eigenvalue weighted by Gasteiger charge is -2.04. The highest BCUT2D eigenvalue weighted by molar-refractivity contribution is 6.37. The maximum atomic E-state index is 10.8. The van der Waals surface area contributed by atoms with Crippen molar-refractivity contribution in [2.45, 2.75) is 13.8 Å². The zero-order valence-corrected chi connectivity index (χ0v) is 9.49. The van der Waals surface area contributed by atoms with E-state index in [1.165, 1.54) is 13.0 Å². The second-order valence-corrected chi connectivity index (χ2v) is 3.82. The van der Waals surface area contributed by atoms with Gasteiger partial charge in [-0.05, 0) is 37.6 Å². The molecule has 0 N–H and O–H groups in total. The summed E-state index contributed by atoms with van der Waals surface area (Å²) in [5.74, 6) is -0.0290. The minimum absolute atomic E-state index is 0.0290. The lowest BCUT2D eigenvalue weighted by atomic mass is 10.1. The highest BCUT2D eigenvalue weighted by Crippen LogP contribution is 2.28. The van der Waals surface area contributed by atoms with Crippen LogP contribution in [0.4, 0.5) is 0 Å². The highest BCUT2D eigenvalue weighted by atomic mass is 35.5. The number of halogens is 2. The second kappa shape index (κ2) is 4.63. The molecule has 0 aliphatic carbocycles. The Kier molecular flexibility index (Phi) is 3.73. The third-order valence-electron chi connectivity index (χ3n) is 1.80. The Hall–Kier alpha value is -0.790. The Morgan fingerprint density at radius 2 is 2.00 bits per heavy atom. The summed E-state index contributed by atoms with van der Waals surface area (Å²) in [4.78, 5) is 10.8. The van der Waals surface area contributed by atoms with Gasteiger partial charge in [0.25, 0.3) is 0 Å². The molecule has 1 aromatic carbocycles. The Morgan fingerprint density at radius 1 is 1.36 bits per heavy atom. The van der Waals surface area contributed by atoms with Crippen molar-refractivity contribution in [3.63, 3.8) is 0 Å². The van der Waals surface area contributed by atoms with Gasteiger partial charge < -0.3 is 0 Å². The largest absolute Gasteiger partial charge is 0.295 e. The van der Waals surface area contributed by atoms with Gasteiger partial charge in [-0.25, -0.2) is 0 Å². The van der Waals surface area contributed by atoms with E-state index >= 15 is 0 Å². The third kappa shape index (κ3) is 2.60. The maximum Gasteiger partial charge on any atom is 0.152 e. The van der Waals surface area contributed by atoms with Gasteiger partial charge in [-0.2, -0.15) is 0 Å². The Balaban J connectivity index is 3.19. The second-order valence-electron chi connectivity index (χ2n) is 3.04. The molecule has 74 valence electrons. The van der Waals surface area contributed by atoms with Gasteiger partial charge in [0.1, 0.15) is 0 Å². The van der Waals surface area contributed by atoms with E-state index in [-0.39, 0.29) is 5.78 Å². The van der Waals surface area contributed by atoms with Crippen LogP contribution in [0.15, 0.2) is 18.2 Å². The Morgan fingerprint density at radius 3 is 2.57 bits per heavy atom. The molecule has 0 fully saturated rings. The van der Waals surface area contributed by atoms with Crippen LogP contribution in [0.5, 0.6) is 0 Å². The van der Waals surface area contributed by atoms with Crippen molar-refractivity contribution in [2.24, 2.45) is 0 Å². The number of hydrogen-bond donors (Lipinski definition) is 0. The maximum absolute atomic E-state index is 10.8. The van der Waals surface area contributed by atoms with E-state index < -0.39 is 0 Å². The van der Waals surface area contributed by atoms with E-state index in [4.69, 9.17) is 23.2 Å². The lowest BCUT2D eigenvalue weighted by molar-refractivity contribution is -0.112. The van der Waals surface area contributed by atoms with Crippen LogP contribution in [-0.4, -0.2) is 5.78 Å². The normalized spacial score (nSPS) is 10.9. The molecule has 0 unspecified atom stereocenters. The number of allylic oxidation sites excluding steroid dienone is 1. The summed E-state index contributed by atoms with van der Waals surface area (Å²) in [5, 5.41) is 1.15. The predicted octanol–water partition coefficient (Wildman–Crippen LogP) is 3.90. The van der Waals surface area contributed by atoms with Crippen LogP contribution >= 0.6 is 23.2 Å². The number of carbonyl (C=O) groups excluding carboxylic acids is 1. The minimum Gasteiger partial charge on any atom is -0.295 e. The van der Waals surface area contributed by atoms with Gasteiger partial charge in [0.05, 0.1) is 5.02 Å². The number of benzene rings is 1. The zero-order chi connectivity index (χ0) is 10.7. The van der Waals surface area contributed by atoms with Gasteiger partial charge in [0.15, 0.2) is 5.78 Å². The van der Waals surface area contributed by atoms with Gasteiger partial charge >= 0.3 is 0 Å². The molecule has 0 aromatic heterocycles. The predicted molar refractivity (Wildman–Crippen MR) is 60.9 cm³/mol. The summed E-state index contributed by atoms with van der Waals surface area (Å²) in [5.41, 5.74) is 1.64. The van der Waals surface area contributed by atoms with Crippen molar-refractivity contribution in [1.29, 1.82) is 0 Å². The van der Waals surface area contributed by atoms with Crippen LogP contribution in [0.3, 0.4) is 0 Å². The van der Waals surface area contributed by atoms with Crippen molar-refractivity contribution in [3.05, 3.63) is 39.4 Å². The van der Waals surface area contributed by atoms with Gasteiger partial charge in [0, 0.05) is 10.6 Å². The smallest absolute Gasteiger partial charge is 0.152 e. The molecule has 1 aromatic rings. The van der Waals surface area contributed by atoms with Crippen molar-refractivity contribution in [3.8, 4) is 0 Å². The van der Waals surface area contributed by atoms with E-state index in [9.17, 15) is 4.79 Å². The molecule has 0 saturated heterocycles. The summed E-state index contributed by atoms with van der Waals surface area (Å²) in [6.45, 7) is 3.37. The first-order valence-corrected chi connectivity index (χ1v) is 4.91. The molecule has 0 spiro atoms. The summed E-state index contributed by atoms with van der Waals surface area (Å²) in [6.07, 6.45) is 3.09. The van der Waals surface area contributed by atoms with Gasteiger partial charge in [-0.15, -0.1) is 0 Å². The van der Waals surface area contributed by atoms with Crippen molar-refractivity contribution >= 4 is 35.1 Å². The van der Waals surface area contributed by atoms with Gasteiger partial charge in [0.2, 0.25) is 0 Å². The fraction of sp³-hybridized carbons (Fsp3) is 0.182. The standard InChI is InChI=1S/C11H10Cl2O/c1-7-3-6-10(12)9(11(7)13)5-4-8(2)14/h3-6H,1-2H3. The van der Waals surface area contributed by atoms with Crippen LogP contribution in [-0.2, 0) is 4.79 Å². The molecule has 0 bridgehead atoms. The summed E-state index contributed by atoms with van der Waals surface area (Å²) < 4.78 is 0. The molecule has 0 aliphatic rings. The molecule has 14 heavy (non-hydrogen) atoms. The van der Waals surface area contributed by atoms with Crippen LogP contribution in [0.2, 0.25) is 10.0 Å². The summed E-state index contributed by atoms with van der Waals surface area (Å²) in [7, 11) is 0. The molecule has 0 radical (unpaired) electrons. The topological polar surface area (TPSA) is 17.1 Å². The number of aryl methyl sites for hydroxylation is 1. The monoisotopic (exact) mass is 228 g/mol. The number of ketones is 1. The minimum atomic E-state index is -0.0290. The molecule has 0 amide bonds. The van der Waals surface area contributed by atoms with Crippen molar-refractivity contribution in [1.82, 2.24) is 0 Å². The van der Waals surface area contributed by atoms with Crippen LogP contribution in [0.1, 0.15) is 18.1 Å². The Bertz CT molecular complexity index is 395. The summed E-state index contributed by atoms with van der Waals surface area (Å²) >= 11 is 12.0. The molecule has 1 nitrogen and oxygen atoms in total. The average molecular weight is 229 g/mol. The number of hydrogen-bond acceptors (Lipinski definition) is 1. The van der Waals surface area contributed by atoms with E-state index in [1.54, 1.807) is 12.1 Å². The molecule has 3 heteroatoms. The molecule has 1 rings (SSSR count). The van der Waals surface area contributed by atoms with Crippen molar-refractivity contribution in [2.75, 3.05) is 0 Å². The Labute approximate surface area is 93.3 Å². The average Bonchev–Trinajstić information content (AvgIpc) is 2.11. The fourth-order valence-corrected chi connectivity index (χ4v) is 1.53. The fourth-order valence-electron chi connectivity index (χ4n) is 1.03. The number of rotatable bonds is 2. The molecular formula is C11H10Cl2O. The van der Waals surface area contributed by atoms with Gasteiger partial charge in [-0.3, -0.25) is 4.79 Å². The molecule has 0 heterocycles. The highest BCUT2D eigenvalue weighted by Gasteiger charge is 2.04. The van der Waals surface area contributed by atoms with E-state index in [0.717, 1.165) is 5.56 Å². The summed E-state index contributed by atoms with van der Waals surface area (Å²) in [6, 6.07) is 3.61. The molecular weight excluding hydrogens is 219 g/mol. The molecule has 0 aliphatic heterocycles. The van der Waals surface area contributed by atoms with E-state index in [0.29, 0.717) is 15.6 Å². The van der Waals surface area contributed by atoms with E-state index in [1.807, 2.05) is 13.0 Å². The SMILES string of the molecule is CC(=O)C=Cc1c(Cl)ccc(C)c1Cl. The van der Waals surface area contributed by atoms with Gasteiger partial charge in [-0.1, -0.05) is 29.3 Å². The quantitative estimate of drug-likeness (QED) is 0.702. The first-order chi connectivity index (χ1) is 6.52. The number of carbonyl (C=O) groups is 1. The first kappa shape index (κ1) is 11.3. The van der Waals surface area contributed by atoms with E-state index in [2.05, 4.69) is 0 Å². The van der Waals surface area contributed by atoms with Crippen LogP contribution in [0.25, 0.3) is 6.08 Å². The molecule has 0 atom stereocenters. The molecule has 0 saturated carbocycles. The lowest BCUT2D eigenvalue weighted by Crippen LogP contribution is -1.85. The third-order valence-corrected chi connectivity index (χ3v) is 2.64.